The average molecular weight is 462 g/mol. The van der Waals surface area contributed by atoms with Gasteiger partial charge in [-0.25, -0.2) is 4.79 Å². The summed E-state index contributed by atoms with van der Waals surface area (Å²) in [4.78, 5) is 26.1. The van der Waals surface area contributed by atoms with Gasteiger partial charge in [0.1, 0.15) is 12.8 Å². The average Bonchev–Trinajstić information content (AvgIpc) is 3.37. The number of fused-ring (bicyclic) bond motifs is 3. The summed E-state index contributed by atoms with van der Waals surface area (Å²) in [5.74, 6) is 0.345. The fraction of sp³-hybridized carbons (Fsp3) is 0.346. The molecule has 1 amide bonds. The number of hydrogen-bond donors (Lipinski definition) is 2. The van der Waals surface area contributed by atoms with Gasteiger partial charge in [-0.2, -0.15) is 0 Å². The van der Waals surface area contributed by atoms with Gasteiger partial charge in [0, 0.05) is 30.5 Å². The number of quaternary nitrogens is 1. The van der Waals surface area contributed by atoms with Crippen molar-refractivity contribution in [3.05, 3.63) is 78.6 Å². The zero-order chi connectivity index (χ0) is 23.4. The number of hydrogen-bond acceptors (Lipinski definition) is 6. The zero-order valence-electron chi connectivity index (χ0n) is 18.9. The molecule has 3 aliphatic heterocycles. The SMILES string of the molecule is O=C(C[N+]12CCC(CC1)C(OC(=O)C(Nc1ccccc1)c1ccccc1)C2)Nc1ccon1. The molecule has 176 valence electrons. The highest BCUT2D eigenvalue weighted by molar-refractivity contribution is 5.90. The summed E-state index contributed by atoms with van der Waals surface area (Å²) in [7, 11) is 0. The second-order valence-electron chi connectivity index (χ2n) is 9.23. The highest BCUT2D eigenvalue weighted by atomic mass is 16.5. The maximum atomic E-state index is 13.4. The van der Waals surface area contributed by atoms with Crippen molar-refractivity contribution in [2.45, 2.75) is 25.0 Å². The molecule has 3 aromatic rings. The van der Waals surface area contributed by atoms with Crippen molar-refractivity contribution < 1.29 is 23.3 Å². The van der Waals surface area contributed by atoms with E-state index in [9.17, 15) is 9.59 Å². The number of carbonyl (C=O) groups excluding carboxylic acids is 2. The molecule has 3 fully saturated rings. The topological polar surface area (TPSA) is 93.5 Å². The van der Waals surface area contributed by atoms with Gasteiger partial charge in [0.05, 0.1) is 13.1 Å². The monoisotopic (exact) mass is 461 g/mol. The Kier molecular flexibility index (Phi) is 6.31. The molecule has 2 aromatic carbocycles. The van der Waals surface area contributed by atoms with E-state index in [0.29, 0.717) is 29.3 Å². The lowest BCUT2D eigenvalue weighted by molar-refractivity contribution is -0.938. The molecule has 34 heavy (non-hydrogen) atoms. The first-order valence-corrected chi connectivity index (χ1v) is 11.7. The largest absolute Gasteiger partial charge is 0.454 e. The molecule has 0 radical (unpaired) electrons. The van der Waals surface area contributed by atoms with Crippen molar-refractivity contribution in [3.8, 4) is 0 Å². The molecule has 8 heteroatoms. The van der Waals surface area contributed by atoms with Crippen LogP contribution in [-0.4, -0.2) is 53.8 Å². The van der Waals surface area contributed by atoms with Crippen LogP contribution in [0.15, 0.2) is 77.5 Å². The van der Waals surface area contributed by atoms with Crippen molar-refractivity contribution >= 4 is 23.4 Å². The second kappa shape index (κ2) is 9.69. The van der Waals surface area contributed by atoms with Crippen molar-refractivity contribution in [1.29, 1.82) is 0 Å². The van der Waals surface area contributed by atoms with Gasteiger partial charge in [-0.15, -0.1) is 0 Å². The minimum absolute atomic E-state index is 0.104. The van der Waals surface area contributed by atoms with Crippen LogP contribution in [0.1, 0.15) is 24.4 Å². The van der Waals surface area contributed by atoms with Crippen LogP contribution >= 0.6 is 0 Å². The van der Waals surface area contributed by atoms with Crippen LogP contribution in [0.2, 0.25) is 0 Å². The van der Waals surface area contributed by atoms with Gasteiger partial charge in [-0.3, -0.25) is 4.79 Å². The Labute approximate surface area is 198 Å². The van der Waals surface area contributed by atoms with Gasteiger partial charge < -0.3 is 24.4 Å². The van der Waals surface area contributed by atoms with Crippen LogP contribution in [-0.2, 0) is 14.3 Å². The van der Waals surface area contributed by atoms with Crippen LogP contribution in [0.3, 0.4) is 0 Å². The Morgan fingerprint density at radius 3 is 2.41 bits per heavy atom. The number of para-hydroxylation sites is 1. The minimum atomic E-state index is -0.608. The van der Waals surface area contributed by atoms with Crippen molar-refractivity contribution in [3.63, 3.8) is 0 Å². The summed E-state index contributed by atoms with van der Waals surface area (Å²) >= 11 is 0. The summed E-state index contributed by atoms with van der Waals surface area (Å²) in [5, 5.41) is 9.88. The number of nitrogens with zero attached hydrogens (tertiary/aromatic N) is 2. The maximum absolute atomic E-state index is 13.4. The number of carbonyl (C=O) groups is 2. The van der Waals surface area contributed by atoms with Gasteiger partial charge in [0.15, 0.2) is 24.5 Å². The van der Waals surface area contributed by atoms with Crippen molar-refractivity contribution in [2.24, 2.45) is 5.92 Å². The first-order valence-electron chi connectivity index (χ1n) is 11.7. The van der Waals surface area contributed by atoms with Gasteiger partial charge in [0.2, 0.25) is 0 Å². The Hall–Kier alpha value is -3.65. The molecule has 2 unspecified atom stereocenters. The lowest BCUT2D eigenvalue weighted by atomic mass is 9.83. The van der Waals surface area contributed by atoms with E-state index in [2.05, 4.69) is 15.8 Å². The highest BCUT2D eigenvalue weighted by Crippen LogP contribution is 2.36. The molecular weight excluding hydrogens is 432 g/mol. The molecule has 6 rings (SSSR count). The van der Waals surface area contributed by atoms with E-state index in [0.717, 1.165) is 37.2 Å². The third-order valence-electron chi connectivity index (χ3n) is 6.95. The molecule has 2 bridgehead atoms. The molecular formula is C26H29N4O4+. The standard InChI is InChI=1S/C26H28N4O4/c31-24(28-23-13-16-33-29-23)18-30-14-11-19(12-15-30)22(17-30)34-26(32)25(20-7-3-1-4-8-20)27-21-9-5-2-6-10-21/h1-10,13,16,19,22,25,27H,11-12,14-15,17-18H2/p+1. The van der Waals surface area contributed by atoms with Crippen LogP contribution < -0.4 is 10.6 Å². The first kappa shape index (κ1) is 22.2. The number of nitrogens with one attached hydrogen (secondary N) is 2. The quantitative estimate of drug-likeness (QED) is 0.393. The van der Waals surface area contributed by atoms with Gasteiger partial charge >= 0.3 is 5.97 Å². The predicted molar refractivity (Wildman–Crippen MR) is 127 cm³/mol. The Balaban J connectivity index is 1.28. The smallest absolute Gasteiger partial charge is 0.333 e. The summed E-state index contributed by atoms with van der Waals surface area (Å²) in [6, 6.07) is 20.3. The van der Waals surface area contributed by atoms with Crippen LogP contribution in [0, 0.1) is 5.92 Å². The lowest BCUT2D eigenvalue weighted by Crippen LogP contribution is -2.66. The van der Waals surface area contributed by atoms with E-state index in [1.54, 1.807) is 6.07 Å². The summed E-state index contributed by atoms with van der Waals surface area (Å²) in [5.41, 5.74) is 1.71. The van der Waals surface area contributed by atoms with Gasteiger partial charge in [-0.05, 0) is 17.7 Å². The van der Waals surface area contributed by atoms with E-state index in [4.69, 9.17) is 9.26 Å². The third kappa shape index (κ3) is 4.97. The zero-order valence-corrected chi connectivity index (χ0v) is 18.9. The van der Waals surface area contributed by atoms with Gasteiger partial charge in [-0.1, -0.05) is 53.7 Å². The van der Waals surface area contributed by atoms with E-state index >= 15 is 0 Å². The molecule has 3 aliphatic rings. The number of rotatable bonds is 8. The molecule has 8 nitrogen and oxygen atoms in total. The van der Waals surface area contributed by atoms with Crippen molar-refractivity contribution in [2.75, 3.05) is 36.8 Å². The van der Waals surface area contributed by atoms with Crippen LogP contribution in [0.4, 0.5) is 11.5 Å². The number of piperidine rings is 3. The number of benzene rings is 2. The summed E-state index contributed by atoms with van der Waals surface area (Å²) in [6.45, 7) is 2.80. The van der Waals surface area contributed by atoms with E-state index in [1.807, 2.05) is 60.7 Å². The minimum Gasteiger partial charge on any atom is -0.454 e. The highest BCUT2D eigenvalue weighted by Gasteiger charge is 2.49. The number of aromatic nitrogens is 1. The molecule has 0 spiro atoms. The Bertz CT molecular complexity index is 1100. The van der Waals surface area contributed by atoms with E-state index in [1.165, 1.54) is 6.26 Å². The lowest BCUT2D eigenvalue weighted by Gasteiger charge is -2.51. The molecule has 1 aromatic heterocycles. The fourth-order valence-electron chi connectivity index (χ4n) is 5.18. The van der Waals surface area contributed by atoms with Crippen LogP contribution in [0.5, 0.6) is 0 Å². The molecule has 2 atom stereocenters. The van der Waals surface area contributed by atoms with E-state index in [-0.39, 0.29) is 18.0 Å². The molecule has 3 saturated heterocycles. The number of ether oxygens (including phenoxy) is 1. The Morgan fingerprint density at radius 1 is 1.03 bits per heavy atom. The fourth-order valence-corrected chi connectivity index (χ4v) is 5.18. The number of esters is 1. The maximum Gasteiger partial charge on any atom is 0.333 e. The van der Waals surface area contributed by atoms with Gasteiger partial charge in [0.25, 0.3) is 5.91 Å². The molecule has 4 heterocycles. The van der Waals surface area contributed by atoms with Crippen molar-refractivity contribution in [1.82, 2.24) is 5.16 Å². The predicted octanol–water partition coefficient (Wildman–Crippen LogP) is 3.62. The number of anilines is 2. The number of amides is 1. The second-order valence-corrected chi connectivity index (χ2v) is 9.23. The first-order chi connectivity index (χ1) is 16.6. The van der Waals surface area contributed by atoms with E-state index < -0.39 is 6.04 Å². The van der Waals surface area contributed by atoms with Crippen LogP contribution in [0.25, 0.3) is 0 Å². The summed E-state index contributed by atoms with van der Waals surface area (Å²) in [6.07, 6.45) is 3.10. The Morgan fingerprint density at radius 2 is 1.74 bits per heavy atom. The molecule has 2 N–H and O–H groups in total. The normalized spacial score (nSPS) is 24.2. The molecule has 0 saturated carbocycles. The molecule has 0 aliphatic carbocycles. The third-order valence-corrected chi connectivity index (χ3v) is 6.95. The summed E-state index contributed by atoms with van der Waals surface area (Å²) < 4.78 is 11.6.